The molecule has 0 heterocycles. The Bertz CT molecular complexity index is 774. The highest BCUT2D eigenvalue weighted by atomic mass is 32.2. The van der Waals surface area contributed by atoms with Crippen LogP contribution in [0.25, 0.3) is 0 Å². The fourth-order valence-corrected chi connectivity index (χ4v) is 3.13. The minimum atomic E-state index is -3.65. The summed E-state index contributed by atoms with van der Waals surface area (Å²) in [6.07, 6.45) is 0.0702. The van der Waals surface area contributed by atoms with Crippen LogP contribution in [0.4, 0.5) is 5.69 Å². The fraction of sp³-hybridized carbons (Fsp3) is 0.235. The van der Waals surface area contributed by atoms with Gasteiger partial charge in [-0.25, -0.2) is 13.1 Å². The van der Waals surface area contributed by atoms with Crippen LogP contribution < -0.4 is 14.4 Å². The van der Waals surface area contributed by atoms with Crippen molar-refractivity contribution < 1.29 is 17.9 Å². The lowest BCUT2D eigenvalue weighted by molar-refractivity contribution is -0.118. The van der Waals surface area contributed by atoms with Gasteiger partial charge in [-0.05, 0) is 36.4 Å². The van der Waals surface area contributed by atoms with E-state index < -0.39 is 10.0 Å². The number of methoxy groups -OCH3 is 1. The number of sulfonamides is 1. The maximum absolute atomic E-state index is 12.2. The van der Waals surface area contributed by atoms with E-state index in [1.807, 2.05) is 30.3 Å². The number of para-hydroxylation sites is 1. The number of nitrogens with zero attached hydrogens (tertiary/aromatic N) is 1. The first-order valence-corrected chi connectivity index (χ1v) is 8.87. The number of amides is 1. The van der Waals surface area contributed by atoms with E-state index in [-0.39, 0.29) is 23.8 Å². The van der Waals surface area contributed by atoms with E-state index in [0.29, 0.717) is 5.75 Å². The molecule has 0 bridgehead atoms. The van der Waals surface area contributed by atoms with Crippen molar-refractivity contribution in [2.45, 2.75) is 11.3 Å². The smallest absolute Gasteiger partial charge is 0.240 e. The van der Waals surface area contributed by atoms with E-state index in [1.54, 1.807) is 19.2 Å². The molecule has 0 aromatic heterocycles. The summed E-state index contributed by atoms with van der Waals surface area (Å²) in [6.45, 7) is 0.0321. The lowest BCUT2D eigenvalue weighted by atomic mass is 10.3. The SMILES string of the molecule is COc1ccc(S(=O)(=O)NCCC(=O)N(C)c2ccccc2)cc1. The van der Waals surface area contributed by atoms with Gasteiger partial charge in [0.2, 0.25) is 15.9 Å². The van der Waals surface area contributed by atoms with E-state index in [0.717, 1.165) is 5.69 Å². The maximum atomic E-state index is 12.2. The van der Waals surface area contributed by atoms with Gasteiger partial charge in [0.15, 0.2) is 0 Å². The highest BCUT2D eigenvalue weighted by Gasteiger charge is 2.16. The summed E-state index contributed by atoms with van der Waals surface area (Å²) in [4.78, 5) is 13.8. The summed E-state index contributed by atoms with van der Waals surface area (Å²) < 4.78 is 31.8. The van der Waals surface area contributed by atoms with Gasteiger partial charge >= 0.3 is 0 Å². The first-order chi connectivity index (χ1) is 11.4. The van der Waals surface area contributed by atoms with Gasteiger partial charge in [0, 0.05) is 25.7 Å². The van der Waals surface area contributed by atoms with Gasteiger partial charge in [0.05, 0.1) is 12.0 Å². The van der Waals surface area contributed by atoms with Crippen molar-refractivity contribution in [1.82, 2.24) is 4.72 Å². The molecule has 6 nitrogen and oxygen atoms in total. The molecule has 0 aliphatic carbocycles. The average Bonchev–Trinajstić information content (AvgIpc) is 2.61. The van der Waals surface area contributed by atoms with E-state index in [4.69, 9.17) is 4.74 Å². The molecular formula is C17H20N2O4S. The van der Waals surface area contributed by atoms with Crippen molar-refractivity contribution in [3.05, 3.63) is 54.6 Å². The van der Waals surface area contributed by atoms with Crippen LogP contribution in [0.1, 0.15) is 6.42 Å². The van der Waals surface area contributed by atoms with Gasteiger partial charge < -0.3 is 9.64 Å². The Balaban J connectivity index is 1.91. The highest BCUT2D eigenvalue weighted by Crippen LogP contribution is 2.15. The summed E-state index contributed by atoms with van der Waals surface area (Å²) in [7, 11) is -0.475. The van der Waals surface area contributed by atoms with Crippen LogP contribution in [-0.4, -0.2) is 35.0 Å². The number of anilines is 1. The molecule has 1 amide bonds. The summed E-state index contributed by atoms with van der Waals surface area (Å²) in [5, 5.41) is 0. The minimum absolute atomic E-state index is 0.0321. The van der Waals surface area contributed by atoms with Gasteiger partial charge in [0.1, 0.15) is 5.75 Å². The molecule has 2 aromatic rings. The second-order valence-electron chi connectivity index (χ2n) is 5.11. The van der Waals surface area contributed by atoms with Gasteiger partial charge in [-0.15, -0.1) is 0 Å². The molecule has 0 unspecified atom stereocenters. The molecule has 0 spiro atoms. The van der Waals surface area contributed by atoms with Gasteiger partial charge in [0.25, 0.3) is 0 Å². The zero-order valence-electron chi connectivity index (χ0n) is 13.6. The van der Waals surface area contributed by atoms with Crippen molar-refractivity contribution in [3.8, 4) is 5.75 Å². The number of rotatable bonds is 7. The largest absolute Gasteiger partial charge is 0.497 e. The number of carbonyl (C=O) groups is 1. The topological polar surface area (TPSA) is 75.7 Å². The zero-order chi connectivity index (χ0) is 17.6. The van der Waals surface area contributed by atoms with Crippen LogP contribution in [0, 0.1) is 0 Å². The third-order valence-corrected chi connectivity index (χ3v) is 5.00. The highest BCUT2D eigenvalue weighted by molar-refractivity contribution is 7.89. The van der Waals surface area contributed by atoms with E-state index >= 15 is 0 Å². The van der Waals surface area contributed by atoms with Gasteiger partial charge in [-0.3, -0.25) is 4.79 Å². The molecule has 24 heavy (non-hydrogen) atoms. The van der Waals surface area contributed by atoms with Crippen molar-refractivity contribution in [2.75, 3.05) is 25.6 Å². The molecule has 0 saturated heterocycles. The van der Waals surface area contributed by atoms with Crippen LogP contribution in [0.2, 0.25) is 0 Å². The maximum Gasteiger partial charge on any atom is 0.240 e. The van der Waals surface area contributed by atoms with Crippen LogP contribution in [0.5, 0.6) is 5.75 Å². The van der Waals surface area contributed by atoms with Crippen LogP contribution >= 0.6 is 0 Å². The standard InChI is InChI=1S/C17H20N2O4S/c1-19(14-6-4-3-5-7-14)17(20)12-13-18-24(21,22)16-10-8-15(23-2)9-11-16/h3-11,18H,12-13H2,1-2H3. The van der Waals surface area contributed by atoms with Gasteiger partial charge in [-0.2, -0.15) is 0 Å². The van der Waals surface area contributed by atoms with Crippen molar-refractivity contribution in [3.63, 3.8) is 0 Å². The Morgan fingerprint density at radius 1 is 1.08 bits per heavy atom. The summed E-state index contributed by atoms with van der Waals surface area (Å²) in [5.41, 5.74) is 0.764. The summed E-state index contributed by atoms with van der Waals surface area (Å²) in [6, 6.07) is 15.2. The van der Waals surface area contributed by atoms with Crippen molar-refractivity contribution >= 4 is 21.6 Å². The second-order valence-corrected chi connectivity index (χ2v) is 6.88. The molecule has 0 aliphatic rings. The first kappa shape index (κ1) is 18.0. The molecule has 7 heteroatoms. The molecule has 0 fully saturated rings. The van der Waals surface area contributed by atoms with Crippen LogP contribution in [0.3, 0.4) is 0 Å². The Morgan fingerprint density at radius 3 is 2.29 bits per heavy atom. The molecule has 0 saturated carbocycles. The van der Waals surface area contributed by atoms with E-state index in [2.05, 4.69) is 4.72 Å². The predicted octanol–water partition coefficient (Wildman–Crippen LogP) is 2.03. The second kappa shape index (κ2) is 7.94. The van der Waals surface area contributed by atoms with Gasteiger partial charge in [-0.1, -0.05) is 18.2 Å². The summed E-state index contributed by atoms with van der Waals surface area (Å²) >= 11 is 0. The van der Waals surface area contributed by atoms with Crippen molar-refractivity contribution in [1.29, 1.82) is 0 Å². The normalized spacial score (nSPS) is 11.1. The average molecular weight is 348 g/mol. The molecule has 2 aromatic carbocycles. The van der Waals surface area contributed by atoms with Crippen LogP contribution in [0.15, 0.2) is 59.5 Å². The number of ether oxygens (including phenoxy) is 1. The number of carbonyl (C=O) groups excluding carboxylic acids is 1. The van der Waals surface area contributed by atoms with Crippen LogP contribution in [-0.2, 0) is 14.8 Å². The first-order valence-electron chi connectivity index (χ1n) is 7.39. The molecule has 2 rings (SSSR count). The Labute approximate surface area is 142 Å². The molecule has 0 aliphatic heterocycles. The lowest BCUT2D eigenvalue weighted by Crippen LogP contribution is -2.32. The monoisotopic (exact) mass is 348 g/mol. The van der Waals surface area contributed by atoms with E-state index in [9.17, 15) is 13.2 Å². The molecule has 128 valence electrons. The number of nitrogens with one attached hydrogen (secondary N) is 1. The Hall–Kier alpha value is -2.38. The molecular weight excluding hydrogens is 328 g/mol. The molecule has 0 atom stereocenters. The van der Waals surface area contributed by atoms with Crippen molar-refractivity contribution in [2.24, 2.45) is 0 Å². The third-order valence-electron chi connectivity index (χ3n) is 3.52. The van der Waals surface area contributed by atoms with E-state index in [1.165, 1.54) is 24.1 Å². The summed E-state index contributed by atoms with van der Waals surface area (Å²) in [5.74, 6) is 0.409. The predicted molar refractivity (Wildman–Crippen MR) is 92.7 cm³/mol. The Kier molecular flexibility index (Phi) is 5.94. The molecule has 0 radical (unpaired) electrons. The fourth-order valence-electron chi connectivity index (χ4n) is 2.09. The quantitative estimate of drug-likeness (QED) is 0.831. The Morgan fingerprint density at radius 2 is 1.71 bits per heavy atom. The lowest BCUT2D eigenvalue weighted by Gasteiger charge is -2.17. The number of hydrogen-bond acceptors (Lipinski definition) is 4. The zero-order valence-corrected chi connectivity index (χ0v) is 14.4. The number of hydrogen-bond donors (Lipinski definition) is 1. The third kappa shape index (κ3) is 4.56. The number of benzene rings is 2. The molecule has 1 N–H and O–H groups in total. The minimum Gasteiger partial charge on any atom is -0.497 e.